The second-order valence-corrected chi connectivity index (χ2v) is 15.4. The number of ether oxygens (including phenoxy) is 11. The molecule has 0 unspecified atom stereocenters. The van der Waals surface area contributed by atoms with Gasteiger partial charge < -0.3 is 52.1 Å². The predicted molar refractivity (Wildman–Crippen MR) is 202 cm³/mol. The van der Waals surface area contributed by atoms with E-state index in [9.17, 15) is 51.3 Å². The van der Waals surface area contributed by atoms with E-state index in [0.29, 0.717) is 17.3 Å². The van der Waals surface area contributed by atoms with Crippen LogP contribution in [0.2, 0.25) is 0 Å². The van der Waals surface area contributed by atoms with Gasteiger partial charge in [0, 0.05) is 61.8 Å². The number of thioether (sulfide) groups is 1. The van der Waals surface area contributed by atoms with Crippen LogP contribution in [0.4, 0.5) is 0 Å². The van der Waals surface area contributed by atoms with Crippen molar-refractivity contribution in [3.05, 3.63) is 29.8 Å². The molecule has 344 valence electrons. The Bertz CT molecular complexity index is 1950. The van der Waals surface area contributed by atoms with E-state index in [4.69, 9.17) is 52.1 Å². The number of esters is 8. The van der Waals surface area contributed by atoms with Gasteiger partial charge in [0.2, 0.25) is 12.4 Å². The SMILES string of the molecule is CC(=O)OC[C@H]1O[C@@H](S/C(Cc2ccc(O[C@@H]3O[C@H](COC(C)=O)[C@@H](OC(C)=O)[C@H](OC(C)=O)[C@H]3OC(C)=O)cc2)=N\OS(=O)(=O)O)[C@H](OC(C)=O)[C@@H](OC(C)=O)[C@@H]1OC(C)=O. The Morgan fingerprint density at radius 3 is 1.42 bits per heavy atom. The maximum Gasteiger partial charge on any atom is 0.466 e. The van der Waals surface area contributed by atoms with Gasteiger partial charge in [0.15, 0.2) is 30.5 Å². The third-order valence-corrected chi connectivity index (χ3v) is 9.28. The van der Waals surface area contributed by atoms with E-state index < -0.39 is 132 Å². The summed E-state index contributed by atoms with van der Waals surface area (Å²) in [6, 6.07) is 5.59. The summed E-state index contributed by atoms with van der Waals surface area (Å²) >= 11 is 0.561. The van der Waals surface area contributed by atoms with E-state index in [0.717, 1.165) is 55.4 Å². The first-order chi connectivity index (χ1) is 28.9. The Morgan fingerprint density at radius 1 is 0.581 bits per heavy atom. The number of carbonyl (C=O) groups is 8. The summed E-state index contributed by atoms with van der Waals surface area (Å²) in [5.41, 5.74) is -1.15. The molecule has 2 saturated heterocycles. The molecule has 0 aliphatic carbocycles. The quantitative estimate of drug-likeness (QED) is 0.0559. The van der Waals surface area contributed by atoms with Crippen LogP contribution in [-0.2, 0) is 107 Å². The van der Waals surface area contributed by atoms with Crippen molar-refractivity contribution < 1.29 is 108 Å². The van der Waals surface area contributed by atoms with E-state index in [-0.39, 0.29) is 17.2 Å². The van der Waals surface area contributed by atoms with Gasteiger partial charge in [-0.2, -0.15) is 8.42 Å². The highest BCUT2D eigenvalue weighted by Crippen LogP contribution is 2.36. The average molecular weight is 924 g/mol. The molecular weight excluding hydrogens is 879 g/mol. The van der Waals surface area contributed by atoms with Crippen LogP contribution in [-0.4, -0.2) is 140 Å². The molecule has 10 atom stereocenters. The lowest BCUT2D eigenvalue weighted by Gasteiger charge is -2.44. The van der Waals surface area contributed by atoms with Gasteiger partial charge in [-0.15, -0.1) is 0 Å². The minimum atomic E-state index is -5.20. The highest BCUT2D eigenvalue weighted by Gasteiger charge is 2.54. The topological polar surface area (TPSA) is 314 Å². The Labute approximate surface area is 358 Å². The third kappa shape index (κ3) is 16.7. The number of nitrogens with zero attached hydrogens (tertiary/aromatic N) is 1. The summed E-state index contributed by atoms with van der Waals surface area (Å²) in [4.78, 5) is 96.6. The van der Waals surface area contributed by atoms with Crippen molar-refractivity contribution in [1.29, 1.82) is 0 Å². The molecule has 0 bridgehead atoms. The van der Waals surface area contributed by atoms with Crippen LogP contribution < -0.4 is 4.74 Å². The Balaban J connectivity index is 2.01. The number of carbonyl (C=O) groups excluding carboxylic acids is 8. The molecule has 2 fully saturated rings. The van der Waals surface area contributed by atoms with Gasteiger partial charge in [0.1, 0.15) is 41.7 Å². The van der Waals surface area contributed by atoms with Gasteiger partial charge >= 0.3 is 58.2 Å². The van der Waals surface area contributed by atoms with Crippen LogP contribution in [0.25, 0.3) is 0 Å². The summed E-state index contributed by atoms with van der Waals surface area (Å²) in [6.45, 7) is 7.34. The number of oxime groups is 1. The normalized spacial score (nSPS) is 26.0. The van der Waals surface area contributed by atoms with Gasteiger partial charge in [-0.3, -0.25) is 42.9 Å². The van der Waals surface area contributed by atoms with Crippen molar-refractivity contribution in [3.63, 3.8) is 0 Å². The molecule has 2 heterocycles. The van der Waals surface area contributed by atoms with Crippen LogP contribution in [0.5, 0.6) is 5.75 Å². The van der Waals surface area contributed by atoms with Gasteiger partial charge in [0.05, 0.1) is 0 Å². The van der Waals surface area contributed by atoms with Gasteiger partial charge in [-0.25, -0.2) is 4.28 Å². The van der Waals surface area contributed by atoms with Crippen molar-refractivity contribution in [2.24, 2.45) is 5.16 Å². The van der Waals surface area contributed by atoms with E-state index >= 15 is 0 Å². The second-order valence-electron chi connectivity index (χ2n) is 13.2. The van der Waals surface area contributed by atoms with Crippen LogP contribution in [0.3, 0.4) is 0 Å². The molecule has 3 rings (SSSR count). The lowest BCUT2D eigenvalue weighted by molar-refractivity contribution is -0.288. The molecule has 2 aliphatic heterocycles. The molecule has 1 aromatic carbocycles. The molecule has 0 amide bonds. The summed E-state index contributed by atoms with van der Waals surface area (Å²) in [6.07, 6.45) is -13.8. The average Bonchev–Trinajstić information content (AvgIpc) is 3.13. The van der Waals surface area contributed by atoms with Crippen LogP contribution in [0, 0.1) is 0 Å². The number of hydrogen-bond donors (Lipinski definition) is 1. The smallest absolute Gasteiger partial charge is 0.463 e. The number of benzene rings is 1. The number of rotatable bonds is 17. The van der Waals surface area contributed by atoms with Crippen LogP contribution in [0.1, 0.15) is 61.0 Å². The summed E-state index contributed by atoms with van der Waals surface area (Å²) in [5, 5.41) is 3.25. The second kappa shape index (κ2) is 23.0. The standard InChI is InChI=1S/C36H45NO23S2/c1-16(38)49-14-26-29(51-18(3)40)31(53-20(5)42)33(55-22(7)44)35(58-26)57-25-11-9-24(10-12-25)13-28(37-60-62(46,47)48)61-36-34(56-23(8)45)32(54-21(6)43)30(52-19(4)41)27(59-36)15-50-17(2)39/h9-12,26-27,29-36H,13-15H2,1-8H3,(H,46,47,48)/b37-28-/t26-,27-,29-,30-,31+,32+,33-,34-,35-,36+/m1/s1. The maximum atomic E-state index is 12.3. The molecule has 0 aromatic heterocycles. The maximum absolute atomic E-state index is 12.3. The fraction of sp³-hybridized carbons (Fsp3) is 0.583. The highest BCUT2D eigenvalue weighted by molar-refractivity contribution is 8.14. The van der Waals surface area contributed by atoms with Crippen molar-refractivity contribution >= 4 is 75.0 Å². The Hall–Kier alpha value is -5.57. The largest absolute Gasteiger partial charge is 0.466 e. The molecule has 1 aromatic rings. The van der Waals surface area contributed by atoms with E-state index in [2.05, 4.69) is 9.44 Å². The third-order valence-electron chi connectivity index (χ3n) is 7.91. The molecule has 1 N–H and O–H groups in total. The zero-order valence-electron chi connectivity index (χ0n) is 34.4. The zero-order valence-corrected chi connectivity index (χ0v) is 36.0. The zero-order chi connectivity index (χ0) is 46.5. The molecule has 2 aliphatic rings. The minimum absolute atomic E-state index is 0.0227. The summed E-state index contributed by atoms with van der Waals surface area (Å²) in [5.74, 6) is -6.74. The molecule has 0 spiro atoms. The Kier molecular flexibility index (Phi) is 18.9. The fourth-order valence-electron chi connectivity index (χ4n) is 5.88. The molecule has 24 nitrogen and oxygen atoms in total. The molecule has 62 heavy (non-hydrogen) atoms. The van der Waals surface area contributed by atoms with E-state index in [1.807, 2.05) is 0 Å². The first-order valence-corrected chi connectivity index (χ1v) is 20.4. The molecular formula is C36H45NO23S2. The van der Waals surface area contributed by atoms with Crippen LogP contribution in [0.15, 0.2) is 29.4 Å². The first kappa shape index (κ1) is 50.8. The summed E-state index contributed by atoms with van der Waals surface area (Å²) in [7, 11) is -5.20. The minimum Gasteiger partial charge on any atom is -0.463 e. The number of hydrogen-bond acceptors (Lipinski definition) is 24. The van der Waals surface area contributed by atoms with Gasteiger partial charge in [-0.05, 0) is 17.7 Å². The predicted octanol–water partition coefficient (Wildman–Crippen LogP) is 0.640. The first-order valence-electron chi connectivity index (χ1n) is 18.2. The lowest BCUT2D eigenvalue weighted by Crippen LogP contribution is -2.63. The van der Waals surface area contributed by atoms with Crippen LogP contribution >= 0.6 is 11.8 Å². The highest BCUT2D eigenvalue weighted by atomic mass is 32.3. The van der Waals surface area contributed by atoms with E-state index in [1.165, 1.54) is 24.3 Å². The van der Waals surface area contributed by atoms with Gasteiger partial charge in [0.25, 0.3) is 0 Å². The van der Waals surface area contributed by atoms with Crippen molar-refractivity contribution in [1.82, 2.24) is 0 Å². The monoisotopic (exact) mass is 923 g/mol. The van der Waals surface area contributed by atoms with E-state index in [1.54, 1.807) is 0 Å². The molecule has 26 heteroatoms. The van der Waals surface area contributed by atoms with Crippen molar-refractivity contribution in [2.45, 2.75) is 122 Å². The molecule has 0 saturated carbocycles. The van der Waals surface area contributed by atoms with Gasteiger partial charge in [-0.1, -0.05) is 29.1 Å². The Morgan fingerprint density at radius 2 is 0.984 bits per heavy atom. The summed E-state index contributed by atoms with van der Waals surface area (Å²) < 4.78 is 97.5. The fourth-order valence-corrected chi connectivity index (χ4v) is 7.25. The lowest BCUT2D eigenvalue weighted by atomic mass is 9.98. The van der Waals surface area contributed by atoms with Crippen molar-refractivity contribution in [2.75, 3.05) is 13.2 Å². The van der Waals surface area contributed by atoms with Crippen molar-refractivity contribution in [3.8, 4) is 5.75 Å². The molecule has 0 radical (unpaired) electrons.